The van der Waals surface area contributed by atoms with Crippen LogP contribution in [0.4, 0.5) is 0 Å². The Kier molecular flexibility index (Phi) is 5.17. The second-order valence-electron chi connectivity index (χ2n) is 4.56. The minimum atomic E-state index is -0.473. The topological polar surface area (TPSA) is 52.6 Å². The standard InChI is InChI=1S/C16H17BrO4/c1-3-20-15(18)12-9-8-10-11(6-5-7-13(10)17)14(12)16(19)21-4-2/h5-7H,3-4,8-9H2,1-2H3. The van der Waals surface area contributed by atoms with E-state index in [1.54, 1.807) is 13.8 Å². The number of fused-ring (bicyclic) bond motifs is 1. The lowest BCUT2D eigenvalue weighted by molar-refractivity contribution is -0.140. The summed E-state index contributed by atoms with van der Waals surface area (Å²) < 4.78 is 11.1. The quantitative estimate of drug-likeness (QED) is 0.780. The molecule has 0 atom stereocenters. The molecule has 0 saturated carbocycles. The van der Waals surface area contributed by atoms with Crippen molar-refractivity contribution in [3.05, 3.63) is 39.4 Å². The lowest BCUT2D eigenvalue weighted by Crippen LogP contribution is -2.20. The highest BCUT2D eigenvalue weighted by atomic mass is 79.9. The molecule has 0 bridgehead atoms. The summed E-state index contributed by atoms with van der Waals surface area (Å²) in [7, 11) is 0. The number of hydrogen-bond acceptors (Lipinski definition) is 4. The van der Waals surface area contributed by atoms with Crippen molar-refractivity contribution in [2.75, 3.05) is 13.2 Å². The monoisotopic (exact) mass is 352 g/mol. The number of hydrogen-bond donors (Lipinski definition) is 0. The van der Waals surface area contributed by atoms with Crippen LogP contribution in [0, 0.1) is 0 Å². The molecule has 4 nitrogen and oxygen atoms in total. The molecule has 0 spiro atoms. The third-order valence-corrected chi connectivity index (χ3v) is 4.06. The van der Waals surface area contributed by atoms with Gasteiger partial charge < -0.3 is 9.47 Å². The second kappa shape index (κ2) is 6.89. The summed E-state index contributed by atoms with van der Waals surface area (Å²) in [6.07, 6.45) is 1.16. The molecule has 0 fully saturated rings. The lowest BCUT2D eigenvalue weighted by atomic mass is 9.85. The van der Waals surface area contributed by atoms with E-state index in [-0.39, 0.29) is 13.2 Å². The number of esters is 2. The summed E-state index contributed by atoms with van der Waals surface area (Å²) in [6.45, 7) is 4.04. The van der Waals surface area contributed by atoms with E-state index in [1.807, 2.05) is 18.2 Å². The van der Waals surface area contributed by atoms with Crippen LogP contribution in [-0.2, 0) is 25.5 Å². The molecule has 1 aliphatic carbocycles. The molecule has 0 aromatic heterocycles. The molecule has 0 N–H and O–H groups in total. The van der Waals surface area contributed by atoms with Gasteiger partial charge in [-0.25, -0.2) is 9.59 Å². The van der Waals surface area contributed by atoms with Gasteiger partial charge in [0.05, 0.1) is 24.4 Å². The first-order chi connectivity index (χ1) is 10.1. The molecule has 0 heterocycles. The van der Waals surface area contributed by atoms with Crippen LogP contribution < -0.4 is 0 Å². The van der Waals surface area contributed by atoms with Gasteiger partial charge in [0, 0.05) is 4.47 Å². The van der Waals surface area contributed by atoms with E-state index in [9.17, 15) is 9.59 Å². The van der Waals surface area contributed by atoms with Crippen LogP contribution in [-0.4, -0.2) is 25.2 Å². The first-order valence-electron chi connectivity index (χ1n) is 6.95. The third kappa shape index (κ3) is 3.18. The number of rotatable bonds is 4. The van der Waals surface area contributed by atoms with Crippen molar-refractivity contribution in [3.8, 4) is 0 Å². The summed E-state index contributed by atoms with van der Waals surface area (Å²) in [6, 6.07) is 5.61. The van der Waals surface area contributed by atoms with Crippen molar-refractivity contribution in [3.63, 3.8) is 0 Å². The van der Waals surface area contributed by atoms with Gasteiger partial charge in [-0.05, 0) is 43.9 Å². The summed E-state index contributed by atoms with van der Waals surface area (Å²) in [5, 5.41) is 0. The zero-order valence-electron chi connectivity index (χ0n) is 12.1. The minimum Gasteiger partial charge on any atom is -0.463 e. The number of carbonyl (C=O) groups excluding carboxylic acids is 2. The molecule has 1 aromatic rings. The smallest absolute Gasteiger partial charge is 0.339 e. The molecule has 21 heavy (non-hydrogen) atoms. The van der Waals surface area contributed by atoms with Gasteiger partial charge in [0.25, 0.3) is 0 Å². The fourth-order valence-corrected chi connectivity index (χ4v) is 3.01. The predicted octanol–water partition coefficient (Wildman–Crippen LogP) is 3.28. The normalized spacial score (nSPS) is 13.7. The zero-order chi connectivity index (χ0) is 15.4. The van der Waals surface area contributed by atoms with Gasteiger partial charge in [0.1, 0.15) is 0 Å². The molecule has 1 aliphatic rings. The van der Waals surface area contributed by atoms with Gasteiger partial charge in [0.2, 0.25) is 0 Å². The van der Waals surface area contributed by atoms with Crippen molar-refractivity contribution in [2.24, 2.45) is 0 Å². The van der Waals surface area contributed by atoms with E-state index in [1.165, 1.54) is 0 Å². The van der Waals surface area contributed by atoms with Crippen LogP contribution in [0.2, 0.25) is 0 Å². The molecule has 5 heteroatoms. The fourth-order valence-electron chi connectivity index (χ4n) is 2.44. The van der Waals surface area contributed by atoms with Gasteiger partial charge in [0.15, 0.2) is 0 Å². The highest BCUT2D eigenvalue weighted by Gasteiger charge is 2.30. The summed E-state index contributed by atoms with van der Waals surface area (Å²) in [4.78, 5) is 24.4. The van der Waals surface area contributed by atoms with Crippen LogP contribution in [0.5, 0.6) is 0 Å². The average Bonchev–Trinajstić information content (AvgIpc) is 2.47. The van der Waals surface area contributed by atoms with E-state index in [2.05, 4.69) is 15.9 Å². The van der Waals surface area contributed by atoms with Gasteiger partial charge in [-0.1, -0.05) is 28.1 Å². The Labute approximate surface area is 132 Å². The van der Waals surface area contributed by atoms with Crippen LogP contribution in [0.25, 0.3) is 5.57 Å². The Balaban J connectivity index is 2.57. The molecule has 0 saturated heterocycles. The zero-order valence-corrected chi connectivity index (χ0v) is 13.7. The predicted molar refractivity (Wildman–Crippen MR) is 82.6 cm³/mol. The van der Waals surface area contributed by atoms with Crippen molar-refractivity contribution in [1.29, 1.82) is 0 Å². The summed E-state index contributed by atoms with van der Waals surface area (Å²) in [5.41, 5.74) is 2.50. The van der Waals surface area contributed by atoms with Gasteiger partial charge in [-0.2, -0.15) is 0 Å². The van der Waals surface area contributed by atoms with Gasteiger partial charge in [-0.3, -0.25) is 0 Å². The van der Waals surface area contributed by atoms with Crippen LogP contribution in [0.3, 0.4) is 0 Å². The maximum atomic E-state index is 12.3. The molecular formula is C16H17BrO4. The first kappa shape index (κ1) is 15.8. The van der Waals surface area contributed by atoms with Crippen molar-refractivity contribution in [1.82, 2.24) is 0 Å². The molecule has 0 aliphatic heterocycles. The molecule has 1 aromatic carbocycles. The molecule has 2 rings (SSSR count). The van der Waals surface area contributed by atoms with E-state index in [4.69, 9.17) is 9.47 Å². The van der Waals surface area contributed by atoms with Crippen molar-refractivity contribution in [2.45, 2.75) is 26.7 Å². The Hall–Kier alpha value is -1.62. The van der Waals surface area contributed by atoms with Crippen LogP contribution in [0.1, 0.15) is 31.4 Å². The first-order valence-corrected chi connectivity index (χ1v) is 7.74. The van der Waals surface area contributed by atoms with Crippen molar-refractivity contribution >= 4 is 33.4 Å². The number of ether oxygens (including phenoxy) is 2. The van der Waals surface area contributed by atoms with E-state index >= 15 is 0 Å². The second-order valence-corrected chi connectivity index (χ2v) is 5.41. The summed E-state index contributed by atoms with van der Waals surface area (Å²) in [5.74, 6) is -0.911. The highest BCUT2D eigenvalue weighted by Crippen LogP contribution is 2.36. The maximum absolute atomic E-state index is 12.3. The molecule has 112 valence electrons. The van der Waals surface area contributed by atoms with Crippen LogP contribution >= 0.6 is 15.9 Å². The molecular weight excluding hydrogens is 336 g/mol. The Morgan fingerprint density at radius 3 is 2.43 bits per heavy atom. The van der Waals surface area contributed by atoms with Gasteiger partial charge >= 0.3 is 11.9 Å². The van der Waals surface area contributed by atoms with E-state index < -0.39 is 11.9 Å². The largest absolute Gasteiger partial charge is 0.463 e. The number of benzene rings is 1. The van der Waals surface area contributed by atoms with E-state index in [0.717, 1.165) is 15.6 Å². The van der Waals surface area contributed by atoms with Crippen molar-refractivity contribution < 1.29 is 19.1 Å². The maximum Gasteiger partial charge on any atom is 0.339 e. The van der Waals surface area contributed by atoms with E-state index in [0.29, 0.717) is 24.0 Å². The molecule has 0 amide bonds. The minimum absolute atomic E-state index is 0.266. The SMILES string of the molecule is CCOC(=O)C1=C(C(=O)OCC)c2cccc(Br)c2CC1. The Morgan fingerprint density at radius 1 is 1.10 bits per heavy atom. The van der Waals surface area contributed by atoms with Gasteiger partial charge in [-0.15, -0.1) is 0 Å². The fraction of sp³-hybridized carbons (Fsp3) is 0.375. The summed E-state index contributed by atoms with van der Waals surface area (Å²) >= 11 is 3.49. The number of halogens is 1. The average molecular weight is 353 g/mol. The van der Waals surface area contributed by atoms with Crippen LogP contribution in [0.15, 0.2) is 28.2 Å². The number of carbonyl (C=O) groups is 2. The third-order valence-electron chi connectivity index (χ3n) is 3.32. The molecule has 0 unspecified atom stereocenters. The Bertz CT molecular complexity index is 604. The molecule has 0 radical (unpaired) electrons. The highest BCUT2D eigenvalue weighted by molar-refractivity contribution is 9.10. The lowest BCUT2D eigenvalue weighted by Gasteiger charge is -2.22. The Morgan fingerprint density at radius 2 is 1.76 bits per heavy atom.